The van der Waals surface area contributed by atoms with Crippen molar-refractivity contribution in [3.63, 3.8) is 0 Å². The van der Waals surface area contributed by atoms with Crippen LogP contribution in [0.4, 0.5) is 0 Å². The van der Waals surface area contributed by atoms with Crippen LogP contribution >= 0.6 is 11.6 Å². The van der Waals surface area contributed by atoms with Crippen molar-refractivity contribution in [2.75, 3.05) is 13.1 Å². The zero-order valence-electron chi connectivity index (χ0n) is 16.8. The maximum Gasteiger partial charge on any atom is 0.237 e. The van der Waals surface area contributed by atoms with E-state index in [2.05, 4.69) is 11.8 Å². The lowest BCUT2D eigenvalue weighted by Crippen LogP contribution is -2.43. The molecule has 1 atom stereocenters. The van der Waals surface area contributed by atoms with Crippen LogP contribution in [0.3, 0.4) is 0 Å². The highest BCUT2D eigenvalue weighted by Gasteiger charge is 2.35. The Labute approximate surface area is 177 Å². The van der Waals surface area contributed by atoms with Crippen molar-refractivity contribution in [2.45, 2.75) is 44.8 Å². The molecule has 154 valence electrons. The van der Waals surface area contributed by atoms with Crippen LogP contribution in [0.15, 0.2) is 54.6 Å². The van der Waals surface area contributed by atoms with Crippen molar-refractivity contribution in [1.29, 1.82) is 0 Å². The third-order valence-corrected chi connectivity index (χ3v) is 5.63. The molecule has 0 aromatic heterocycles. The molecule has 1 saturated carbocycles. The normalized spacial score (nSPS) is 14.6. The molecule has 0 aliphatic heterocycles. The lowest BCUT2D eigenvalue weighted by molar-refractivity contribution is -0.134. The summed E-state index contributed by atoms with van der Waals surface area (Å²) >= 11 is 6.02. The number of hydrogen-bond donors (Lipinski definition) is 1. The monoisotopic (exact) mass is 413 g/mol. The van der Waals surface area contributed by atoms with Crippen LogP contribution in [-0.4, -0.2) is 40.7 Å². The molecule has 6 heteroatoms. The number of nitrogens with zero attached hydrogens (tertiary/aromatic N) is 2. The molecular weight excluding hydrogens is 386 g/mol. The van der Waals surface area contributed by atoms with Crippen LogP contribution in [0.25, 0.3) is 0 Å². The molecule has 2 aromatic carbocycles. The molecule has 1 aliphatic rings. The number of carbonyl (C=O) groups is 2. The molecule has 0 saturated heterocycles. The Morgan fingerprint density at radius 2 is 1.76 bits per heavy atom. The van der Waals surface area contributed by atoms with Crippen LogP contribution in [-0.2, 0) is 16.1 Å². The number of nitrogens with two attached hydrogens (primary N) is 1. The van der Waals surface area contributed by atoms with E-state index in [1.54, 1.807) is 4.90 Å². The molecule has 1 aliphatic carbocycles. The van der Waals surface area contributed by atoms with Crippen molar-refractivity contribution in [3.8, 4) is 0 Å². The molecule has 0 bridgehead atoms. The molecule has 0 radical (unpaired) electrons. The molecule has 2 aromatic rings. The first-order valence-corrected chi connectivity index (χ1v) is 10.4. The molecule has 1 unspecified atom stereocenters. The minimum absolute atomic E-state index is 0.0165. The Balaban J connectivity index is 1.72. The van der Waals surface area contributed by atoms with Gasteiger partial charge in [0.05, 0.1) is 6.54 Å². The molecule has 2 amide bonds. The first-order chi connectivity index (χ1) is 13.9. The van der Waals surface area contributed by atoms with Gasteiger partial charge in [-0.1, -0.05) is 54.1 Å². The summed E-state index contributed by atoms with van der Waals surface area (Å²) in [4.78, 5) is 28.5. The Bertz CT molecular complexity index is 822. The average Bonchev–Trinajstić information content (AvgIpc) is 3.55. The zero-order valence-corrected chi connectivity index (χ0v) is 17.5. The van der Waals surface area contributed by atoms with E-state index in [0.717, 1.165) is 24.0 Å². The molecule has 1 fully saturated rings. The minimum atomic E-state index is -0.399. The number of hydrogen-bond acceptors (Lipinski definition) is 3. The summed E-state index contributed by atoms with van der Waals surface area (Å²) in [6.07, 6.45) is 2.37. The largest absolute Gasteiger partial charge is 0.370 e. The van der Waals surface area contributed by atoms with E-state index in [1.165, 1.54) is 0 Å². The van der Waals surface area contributed by atoms with E-state index in [4.69, 9.17) is 17.3 Å². The first kappa shape index (κ1) is 21.3. The van der Waals surface area contributed by atoms with Gasteiger partial charge in [-0.05, 0) is 43.0 Å². The maximum atomic E-state index is 13.2. The summed E-state index contributed by atoms with van der Waals surface area (Å²) in [6.45, 7) is 3.25. The molecule has 2 N–H and O–H groups in total. The van der Waals surface area contributed by atoms with Crippen molar-refractivity contribution in [2.24, 2.45) is 5.73 Å². The number of rotatable bonds is 10. The second-order valence-corrected chi connectivity index (χ2v) is 8.08. The average molecular weight is 414 g/mol. The molecule has 0 spiro atoms. The zero-order chi connectivity index (χ0) is 20.8. The smallest absolute Gasteiger partial charge is 0.237 e. The fraction of sp³-hybridized carbons (Fsp3) is 0.391. The SMILES string of the molecule is CC(c1ccc(Cl)cc1)N(CC(=O)N(CCC(N)=O)Cc1ccccc1)C1CC1. The fourth-order valence-electron chi connectivity index (χ4n) is 3.52. The van der Waals surface area contributed by atoms with Crippen molar-refractivity contribution in [3.05, 3.63) is 70.7 Å². The summed E-state index contributed by atoms with van der Waals surface area (Å²) in [6, 6.07) is 18.1. The van der Waals surface area contributed by atoms with Gasteiger partial charge in [-0.3, -0.25) is 14.5 Å². The number of carbonyl (C=O) groups excluding carboxylic acids is 2. The van der Waals surface area contributed by atoms with Gasteiger partial charge in [-0.25, -0.2) is 0 Å². The van der Waals surface area contributed by atoms with Crippen LogP contribution in [0.1, 0.15) is 43.4 Å². The van der Waals surface area contributed by atoms with Crippen molar-refractivity contribution in [1.82, 2.24) is 9.80 Å². The van der Waals surface area contributed by atoms with Gasteiger partial charge in [-0.15, -0.1) is 0 Å². The number of amides is 2. The van der Waals surface area contributed by atoms with Gasteiger partial charge < -0.3 is 10.6 Å². The fourth-order valence-corrected chi connectivity index (χ4v) is 3.64. The minimum Gasteiger partial charge on any atom is -0.370 e. The van der Waals surface area contributed by atoms with Gasteiger partial charge >= 0.3 is 0 Å². The standard InChI is InChI=1S/C23H28ClN3O2/c1-17(19-7-9-20(24)10-8-19)27(21-11-12-21)16-23(29)26(14-13-22(25)28)15-18-5-3-2-4-6-18/h2-10,17,21H,11-16H2,1H3,(H2,25,28). The van der Waals surface area contributed by atoms with Crippen LogP contribution in [0.2, 0.25) is 5.02 Å². The Morgan fingerprint density at radius 3 is 2.34 bits per heavy atom. The first-order valence-electron chi connectivity index (χ1n) is 10.0. The molecule has 5 nitrogen and oxygen atoms in total. The predicted octanol–water partition coefficient (Wildman–Crippen LogP) is 3.77. The van der Waals surface area contributed by atoms with E-state index in [9.17, 15) is 9.59 Å². The third kappa shape index (κ3) is 6.31. The quantitative estimate of drug-likeness (QED) is 0.644. The van der Waals surface area contributed by atoms with Crippen molar-refractivity contribution < 1.29 is 9.59 Å². The highest BCUT2D eigenvalue weighted by atomic mass is 35.5. The highest BCUT2D eigenvalue weighted by Crippen LogP contribution is 2.34. The van der Waals surface area contributed by atoms with Gasteiger partial charge in [-0.2, -0.15) is 0 Å². The van der Waals surface area contributed by atoms with E-state index >= 15 is 0 Å². The summed E-state index contributed by atoms with van der Waals surface area (Å²) in [7, 11) is 0. The lowest BCUT2D eigenvalue weighted by Gasteiger charge is -2.32. The van der Waals surface area contributed by atoms with Gasteiger partial charge in [0.1, 0.15) is 0 Å². The molecular formula is C23H28ClN3O2. The summed E-state index contributed by atoms with van der Waals surface area (Å²) in [5.41, 5.74) is 7.51. The molecule has 0 heterocycles. The highest BCUT2D eigenvalue weighted by molar-refractivity contribution is 6.30. The van der Waals surface area contributed by atoms with Gasteiger partial charge in [0.2, 0.25) is 11.8 Å². The Hall–Kier alpha value is -2.37. The van der Waals surface area contributed by atoms with E-state index in [1.807, 2.05) is 54.6 Å². The van der Waals surface area contributed by atoms with E-state index < -0.39 is 5.91 Å². The van der Waals surface area contributed by atoms with Crippen LogP contribution < -0.4 is 5.73 Å². The van der Waals surface area contributed by atoms with Gasteiger partial charge in [0, 0.05) is 36.6 Å². The maximum absolute atomic E-state index is 13.2. The lowest BCUT2D eigenvalue weighted by atomic mass is 10.1. The van der Waals surface area contributed by atoms with Crippen LogP contribution in [0.5, 0.6) is 0 Å². The molecule has 3 rings (SSSR count). The van der Waals surface area contributed by atoms with Gasteiger partial charge in [0.25, 0.3) is 0 Å². The van der Waals surface area contributed by atoms with E-state index in [0.29, 0.717) is 30.7 Å². The Morgan fingerprint density at radius 1 is 1.10 bits per heavy atom. The van der Waals surface area contributed by atoms with Crippen molar-refractivity contribution >= 4 is 23.4 Å². The predicted molar refractivity (Wildman–Crippen MR) is 115 cm³/mol. The second-order valence-electron chi connectivity index (χ2n) is 7.65. The molecule has 29 heavy (non-hydrogen) atoms. The van der Waals surface area contributed by atoms with E-state index in [-0.39, 0.29) is 18.4 Å². The van der Waals surface area contributed by atoms with Gasteiger partial charge in [0.15, 0.2) is 0 Å². The second kappa shape index (κ2) is 9.90. The number of halogens is 1. The summed E-state index contributed by atoms with van der Waals surface area (Å²) in [5, 5.41) is 0.704. The van der Waals surface area contributed by atoms with Crippen LogP contribution in [0, 0.1) is 0 Å². The summed E-state index contributed by atoms with van der Waals surface area (Å²) < 4.78 is 0. The third-order valence-electron chi connectivity index (χ3n) is 5.38. The topological polar surface area (TPSA) is 66.6 Å². The summed E-state index contributed by atoms with van der Waals surface area (Å²) in [5.74, 6) is -0.382. The number of benzene rings is 2. The Kier molecular flexibility index (Phi) is 7.29. The number of primary amides is 1.